The topological polar surface area (TPSA) is 67.2 Å². The molecule has 0 aliphatic carbocycles. The van der Waals surface area contributed by atoms with Gasteiger partial charge < -0.3 is 4.74 Å². The molecule has 0 saturated heterocycles. The molecule has 4 nitrogen and oxygen atoms in total. The highest BCUT2D eigenvalue weighted by Gasteiger charge is 2.18. The predicted octanol–water partition coefficient (Wildman–Crippen LogP) is 2.74. The van der Waals surface area contributed by atoms with Crippen LogP contribution in [0.4, 0.5) is 0 Å². The quantitative estimate of drug-likeness (QED) is 0.456. The number of hydrogen-bond donors (Lipinski definition) is 0. The fourth-order valence-electron chi connectivity index (χ4n) is 1.63. The minimum atomic E-state index is -0.555. The minimum absolute atomic E-state index is 0.158. The molecule has 0 amide bonds. The highest BCUT2D eigenvalue weighted by atomic mass is 35.5. The molecule has 1 aromatic carbocycles. The molecule has 1 aromatic rings. The van der Waals surface area contributed by atoms with Crippen LogP contribution < -0.4 is 0 Å². The van der Waals surface area contributed by atoms with E-state index in [1.54, 1.807) is 19.1 Å². The van der Waals surface area contributed by atoms with Crippen LogP contribution in [0.15, 0.2) is 18.2 Å². The Morgan fingerprint density at radius 1 is 1.37 bits per heavy atom. The third kappa shape index (κ3) is 4.08. The van der Waals surface area contributed by atoms with Crippen LogP contribution in [-0.2, 0) is 11.2 Å². The second-order valence-corrected chi connectivity index (χ2v) is 4.18. The van der Waals surface area contributed by atoms with Gasteiger partial charge in [-0.3, -0.25) is 4.79 Å². The summed E-state index contributed by atoms with van der Waals surface area (Å²) in [6.07, 6.45) is 0.335. The fourth-order valence-corrected chi connectivity index (χ4v) is 1.81. The molecule has 5 heteroatoms. The highest BCUT2D eigenvalue weighted by Crippen LogP contribution is 2.16. The number of carbonyl (C=O) groups is 2. The smallest absolute Gasteiger partial charge is 0.338 e. The number of benzene rings is 1. The van der Waals surface area contributed by atoms with Crippen molar-refractivity contribution in [1.29, 1.82) is 5.26 Å². The van der Waals surface area contributed by atoms with E-state index < -0.39 is 5.97 Å². The molecule has 0 aliphatic heterocycles. The van der Waals surface area contributed by atoms with Gasteiger partial charge in [0.25, 0.3) is 0 Å². The highest BCUT2D eigenvalue weighted by molar-refractivity contribution is 6.20. The van der Waals surface area contributed by atoms with Gasteiger partial charge >= 0.3 is 5.97 Å². The van der Waals surface area contributed by atoms with Crippen LogP contribution in [0.2, 0.25) is 0 Å². The lowest BCUT2D eigenvalue weighted by Gasteiger charge is -2.09. The van der Waals surface area contributed by atoms with Crippen molar-refractivity contribution < 1.29 is 14.3 Å². The van der Waals surface area contributed by atoms with Crippen molar-refractivity contribution >= 4 is 23.4 Å². The Morgan fingerprint density at radius 3 is 2.68 bits per heavy atom. The molecule has 0 atom stereocenters. The third-order valence-corrected chi connectivity index (χ3v) is 2.67. The molecular weight excluding hydrogens is 266 g/mol. The number of ketones is 1. The summed E-state index contributed by atoms with van der Waals surface area (Å²) in [5.74, 6) is -0.567. The Bertz CT molecular complexity index is 520. The van der Waals surface area contributed by atoms with Crippen LogP contribution in [0.25, 0.3) is 0 Å². The van der Waals surface area contributed by atoms with E-state index in [2.05, 4.69) is 0 Å². The molecule has 1 rings (SSSR count). The number of rotatable bonds is 6. The van der Waals surface area contributed by atoms with E-state index in [-0.39, 0.29) is 36.7 Å². The van der Waals surface area contributed by atoms with Crippen molar-refractivity contribution in [3.63, 3.8) is 0 Å². The Morgan fingerprint density at radius 2 is 2.11 bits per heavy atom. The SMILES string of the molecule is CCOC(=O)c1cc(CC#N)ccc1C(=O)CCCl. The first-order valence-corrected chi connectivity index (χ1v) is 6.43. The maximum absolute atomic E-state index is 11.9. The van der Waals surface area contributed by atoms with Crippen LogP contribution in [-0.4, -0.2) is 24.2 Å². The lowest BCUT2D eigenvalue weighted by atomic mass is 9.98. The summed E-state index contributed by atoms with van der Waals surface area (Å²) in [6, 6.07) is 6.74. The van der Waals surface area contributed by atoms with Gasteiger partial charge in [-0.05, 0) is 18.6 Å². The maximum atomic E-state index is 11.9. The molecule has 19 heavy (non-hydrogen) atoms. The lowest BCUT2D eigenvalue weighted by molar-refractivity contribution is 0.0523. The molecule has 0 aliphatic rings. The van der Waals surface area contributed by atoms with Gasteiger partial charge in [0.05, 0.1) is 24.7 Å². The van der Waals surface area contributed by atoms with E-state index in [0.29, 0.717) is 11.1 Å². The molecule has 0 spiro atoms. The van der Waals surface area contributed by atoms with Crippen LogP contribution >= 0.6 is 11.6 Å². The number of hydrogen-bond acceptors (Lipinski definition) is 4. The average molecular weight is 280 g/mol. The zero-order valence-corrected chi connectivity index (χ0v) is 11.4. The minimum Gasteiger partial charge on any atom is -0.462 e. The van der Waals surface area contributed by atoms with Gasteiger partial charge in [-0.1, -0.05) is 12.1 Å². The van der Waals surface area contributed by atoms with Crippen molar-refractivity contribution in [2.75, 3.05) is 12.5 Å². The van der Waals surface area contributed by atoms with Gasteiger partial charge in [-0.25, -0.2) is 4.79 Å². The molecule has 100 valence electrons. The van der Waals surface area contributed by atoms with E-state index in [4.69, 9.17) is 21.6 Å². The molecule has 0 heterocycles. The number of carbonyl (C=O) groups excluding carboxylic acids is 2. The van der Waals surface area contributed by atoms with E-state index in [0.717, 1.165) is 0 Å². The van der Waals surface area contributed by atoms with Crippen molar-refractivity contribution in [3.8, 4) is 6.07 Å². The number of nitrogens with zero attached hydrogens (tertiary/aromatic N) is 1. The van der Waals surface area contributed by atoms with Crippen LogP contribution in [0.5, 0.6) is 0 Å². The number of ether oxygens (including phenoxy) is 1. The molecule has 0 radical (unpaired) electrons. The zero-order chi connectivity index (χ0) is 14.3. The number of esters is 1. The summed E-state index contributed by atoms with van der Waals surface area (Å²) in [6.45, 7) is 1.92. The van der Waals surface area contributed by atoms with Gasteiger partial charge in [0.1, 0.15) is 0 Å². The molecule has 0 unspecified atom stereocenters. The maximum Gasteiger partial charge on any atom is 0.338 e. The number of halogens is 1. The van der Waals surface area contributed by atoms with E-state index >= 15 is 0 Å². The molecule has 0 bridgehead atoms. The molecule has 0 fully saturated rings. The van der Waals surface area contributed by atoms with E-state index in [9.17, 15) is 9.59 Å². The number of alkyl halides is 1. The normalized spacial score (nSPS) is 9.74. The van der Waals surface area contributed by atoms with Gasteiger partial charge in [-0.15, -0.1) is 11.6 Å². The van der Waals surface area contributed by atoms with Gasteiger partial charge in [0.2, 0.25) is 0 Å². The fraction of sp³-hybridized carbons (Fsp3) is 0.357. The second-order valence-electron chi connectivity index (χ2n) is 3.80. The molecule has 0 aromatic heterocycles. The Kier molecular flexibility index (Phi) is 6.04. The molecule has 0 saturated carbocycles. The predicted molar refractivity (Wildman–Crippen MR) is 71.4 cm³/mol. The summed E-state index contributed by atoms with van der Waals surface area (Å²) in [7, 11) is 0. The van der Waals surface area contributed by atoms with Gasteiger partial charge in [0.15, 0.2) is 5.78 Å². The van der Waals surface area contributed by atoms with Crippen LogP contribution in [0.1, 0.15) is 39.6 Å². The lowest BCUT2D eigenvalue weighted by Crippen LogP contribution is -2.13. The third-order valence-electron chi connectivity index (χ3n) is 2.48. The largest absolute Gasteiger partial charge is 0.462 e. The summed E-state index contributed by atoms with van der Waals surface area (Å²) < 4.78 is 4.92. The Balaban J connectivity index is 3.18. The standard InChI is InChI=1S/C14H14ClNO3/c1-2-19-14(18)12-9-10(6-8-16)3-4-11(12)13(17)5-7-15/h3-4,9H,2,5-7H2,1H3. The monoisotopic (exact) mass is 279 g/mol. The second kappa shape index (κ2) is 7.55. The van der Waals surface area contributed by atoms with Crippen molar-refractivity contribution in [2.45, 2.75) is 19.8 Å². The average Bonchev–Trinajstić information content (AvgIpc) is 2.39. The van der Waals surface area contributed by atoms with E-state index in [1.165, 1.54) is 6.07 Å². The first-order chi connectivity index (χ1) is 9.13. The van der Waals surface area contributed by atoms with Crippen molar-refractivity contribution in [2.24, 2.45) is 0 Å². The molecule has 0 N–H and O–H groups in total. The summed E-state index contributed by atoms with van der Waals surface area (Å²) in [4.78, 5) is 23.7. The van der Waals surface area contributed by atoms with Crippen molar-refractivity contribution in [3.05, 3.63) is 34.9 Å². The van der Waals surface area contributed by atoms with Gasteiger partial charge in [0, 0.05) is 17.9 Å². The number of Topliss-reactive ketones (excluding diaryl/α,β-unsaturated/α-hetero) is 1. The number of nitriles is 1. The summed E-state index contributed by atoms with van der Waals surface area (Å²) in [5, 5.41) is 8.66. The first kappa shape index (κ1) is 15.2. The zero-order valence-electron chi connectivity index (χ0n) is 10.6. The Labute approximate surface area is 116 Å². The van der Waals surface area contributed by atoms with Crippen LogP contribution in [0, 0.1) is 11.3 Å². The molecular formula is C14H14ClNO3. The van der Waals surface area contributed by atoms with Crippen LogP contribution in [0.3, 0.4) is 0 Å². The van der Waals surface area contributed by atoms with Gasteiger partial charge in [-0.2, -0.15) is 5.26 Å². The van der Waals surface area contributed by atoms with Crippen molar-refractivity contribution in [1.82, 2.24) is 0 Å². The summed E-state index contributed by atoms with van der Waals surface area (Å²) >= 11 is 5.54. The first-order valence-electron chi connectivity index (χ1n) is 5.90. The summed E-state index contributed by atoms with van der Waals surface area (Å²) in [5.41, 5.74) is 1.17. The Hall–Kier alpha value is -1.86. The van der Waals surface area contributed by atoms with E-state index in [1.807, 2.05) is 6.07 Å².